The lowest BCUT2D eigenvalue weighted by Gasteiger charge is -2.05. The molecule has 0 saturated heterocycles. The Balaban J connectivity index is 2.43. The first-order chi connectivity index (χ1) is 8.08. The Hall–Kier alpha value is -1.68. The van der Waals surface area contributed by atoms with Gasteiger partial charge in [-0.3, -0.25) is 9.78 Å². The van der Waals surface area contributed by atoms with Gasteiger partial charge < -0.3 is 5.73 Å². The second-order valence-corrected chi connectivity index (χ2v) is 4.70. The minimum absolute atomic E-state index is 0.163. The lowest BCUT2D eigenvalue weighted by atomic mass is 10.1. The number of aromatic nitrogens is 1. The zero-order valence-corrected chi connectivity index (χ0v) is 10.9. The predicted molar refractivity (Wildman–Crippen MR) is 71.0 cm³/mol. The van der Waals surface area contributed by atoms with Gasteiger partial charge in [0.1, 0.15) is 5.69 Å². The molecule has 3 nitrogen and oxygen atoms in total. The van der Waals surface area contributed by atoms with Crippen LogP contribution in [-0.2, 0) is 0 Å². The van der Waals surface area contributed by atoms with Crippen LogP contribution in [-0.4, -0.2) is 10.8 Å². The van der Waals surface area contributed by atoms with Gasteiger partial charge in [0.05, 0.1) is 0 Å². The number of hydrogen-bond acceptors (Lipinski definition) is 3. The summed E-state index contributed by atoms with van der Waals surface area (Å²) in [6.45, 7) is 1.93. The first kappa shape index (κ1) is 11.8. The Morgan fingerprint density at radius 1 is 1.29 bits per heavy atom. The topological polar surface area (TPSA) is 56.0 Å². The summed E-state index contributed by atoms with van der Waals surface area (Å²) in [5.41, 5.74) is 8.14. The Labute approximate surface area is 108 Å². The maximum absolute atomic E-state index is 12.2. The van der Waals surface area contributed by atoms with Gasteiger partial charge in [-0.05, 0) is 36.8 Å². The van der Waals surface area contributed by atoms with Crippen molar-refractivity contribution in [1.82, 2.24) is 4.98 Å². The van der Waals surface area contributed by atoms with Gasteiger partial charge in [0.2, 0.25) is 5.78 Å². The van der Waals surface area contributed by atoms with Crippen LogP contribution < -0.4 is 5.73 Å². The fraction of sp³-hybridized carbons (Fsp3) is 0.0769. The van der Waals surface area contributed by atoms with Crippen molar-refractivity contribution in [2.45, 2.75) is 6.92 Å². The van der Waals surface area contributed by atoms with Gasteiger partial charge in [0.25, 0.3) is 0 Å². The molecule has 0 spiro atoms. The van der Waals surface area contributed by atoms with Crippen molar-refractivity contribution in [2.75, 3.05) is 5.73 Å². The summed E-state index contributed by atoms with van der Waals surface area (Å²) in [5, 5.41) is 0. The Morgan fingerprint density at radius 2 is 2.06 bits per heavy atom. The smallest absolute Gasteiger partial charge is 0.213 e. The molecule has 0 aliphatic heterocycles. The number of nitrogen functional groups attached to an aromatic ring is 1. The molecule has 2 aromatic rings. The number of nitrogens with two attached hydrogens (primary N) is 1. The first-order valence-corrected chi connectivity index (χ1v) is 5.89. The van der Waals surface area contributed by atoms with Gasteiger partial charge in [-0.1, -0.05) is 22.0 Å². The molecule has 2 N–H and O–H groups in total. The highest BCUT2D eigenvalue weighted by molar-refractivity contribution is 9.10. The minimum Gasteiger partial charge on any atom is -0.398 e. The van der Waals surface area contributed by atoms with Crippen LogP contribution in [0.15, 0.2) is 41.0 Å². The molecule has 1 heterocycles. The van der Waals surface area contributed by atoms with E-state index in [2.05, 4.69) is 20.9 Å². The molecule has 0 amide bonds. The number of anilines is 1. The average Bonchev–Trinajstić information content (AvgIpc) is 2.32. The van der Waals surface area contributed by atoms with Gasteiger partial charge in [-0.2, -0.15) is 0 Å². The van der Waals surface area contributed by atoms with Crippen molar-refractivity contribution >= 4 is 27.4 Å². The molecule has 2 rings (SSSR count). The summed E-state index contributed by atoms with van der Waals surface area (Å²) in [7, 11) is 0. The Morgan fingerprint density at radius 3 is 2.71 bits per heavy atom. The molecule has 86 valence electrons. The van der Waals surface area contributed by atoms with Crippen LogP contribution in [0.4, 0.5) is 5.69 Å². The number of hydrogen-bond donors (Lipinski definition) is 1. The maximum Gasteiger partial charge on any atom is 0.213 e. The highest BCUT2D eigenvalue weighted by Gasteiger charge is 2.13. The van der Waals surface area contributed by atoms with Crippen LogP contribution in [0.3, 0.4) is 0 Å². The van der Waals surface area contributed by atoms with E-state index in [-0.39, 0.29) is 5.78 Å². The first-order valence-electron chi connectivity index (χ1n) is 5.10. The third-order valence-electron chi connectivity index (χ3n) is 2.40. The normalized spacial score (nSPS) is 10.2. The number of carbonyl (C=O) groups is 1. The summed E-state index contributed by atoms with van der Waals surface area (Å²) < 4.78 is 0.821. The molecule has 0 unspecified atom stereocenters. The van der Waals surface area contributed by atoms with E-state index in [1.165, 1.54) is 0 Å². The number of pyridine rings is 1. The van der Waals surface area contributed by atoms with Crippen LogP contribution in [0, 0.1) is 6.92 Å². The van der Waals surface area contributed by atoms with Crippen LogP contribution in [0.25, 0.3) is 0 Å². The molecule has 0 radical (unpaired) electrons. The molecule has 0 bridgehead atoms. The SMILES string of the molecule is Cc1ccc(C(=O)c2cc(Br)ccc2N)nc1. The number of carbonyl (C=O) groups excluding carboxylic acids is 1. The van der Waals surface area contributed by atoms with Crippen LogP contribution in [0.1, 0.15) is 21.6 Å². The van der Waals surface area contributed by atoms with Crippen molar-refractivity contribution in [1.29, 1.82) is 0 Å². The number of nitrogens with zero attached hydrogens (tertiary/aromatic N) is 1. The third-order valence-corrected chi connectivity index (χ3v) is 2.90. The van der Waals surface area contributed by atoms with Gasteiger partial charge >= 0.3 is 0 Å². The lowest BCUT2D eigenvalue weighted by Crippen LogP contribution is -2.07. The van der Waals surface area contributed by atoms with Gasteiger partial charge in [-0.15, -0.1) is 0 Å². The minimum atomic E-state index is -0.163. The molecule has 1 aromatic carbocycles. The Bertz CT molecular complexity index is 564. The second-order valence-electron chi connectivity index (χ2n) is 3.78. The van der Waals surface area contributed by atoms with E-state index in [1.54, 1.807) is 30.5 Å². The summed E-state index contributed by atoms with van der Waals surface area (Å²) in [6, 6.07) is 8.77. The van der Waals surface area contributed by atoms with Gasteiger partial charge in [0.15, 0.2) is 0 Å². The van der Waals surface area contributed by atoms with Crippen molar-refractivity contribution < 1.29 is 4.79 Å². The highest BCUT2D eigenvalue weighted by Crippen LogP contribution is 2.20. The number of ketones is 1. The van der Waals surface area contributed by atoms with Crippen LogP contribution in [0.5, 0.6) is 0 Å². The maximum atomic E-state index is 12.2. The van der Waals surface area contributed by atoms with E-state index < -0.39 is 0 Å². The number of rotatable bonds is 2. The fourth-order valence-electron chi connectivity index (χ4n) is 1.47. The third kappa shape index (κ3) is 2.53. The molecule has 0 aliphatic carbocycles. The molecular weight excluding hydrogens is 280 g/mol. The molecular formula is C13H11BrN2O. The van der Waals surface area contributed by atoms with E-state index in [0.29, 0.717) is 16.9 Å². The van der Waals surface area contributed by atoms with Gasteiger partial charge in [-0.25, -0.2) is 0 Å². The second kappa shape index (κ2) is 4.67. The quantitative estimate of drug-likeness (QED) is 0.683. The predicted octanol–water partition coefficient (Wildman–Crippen LogP) is 2.97. The van der Waals surface area contributed by atoms with Crippen molar-refractivity contribution in [3.05, 3.63) is 57.8 Å². The zero-order chi connectivity index (χ0) is 12.4. The van der Waals surface area contributed by atoms with E-state index in [9.17, 15) is 4.79 Å². The molecule has 17 heavy (non-hydrogen) atoms. The largest absolute Gasteiger partial charge is 0.398 e. The molecule has 4 heteroatoms. The monoisotopic (exact) mass is 290 g/mol. The summed E-state index contributed by atoms with van der Waals surface area (Å²) in [5.74, 6) is -0.163. The van der Waals surface area contributed by atoms with Crippen LogP contribution >= 0.6 is 15.9 Å². The standard InChI is InChI=1S/C13H11BrN2O/c1-8-2-5-12(16-7-8)13(17)10-6-9(14)3-4-11(10)15/h2-7H,15H2,1H3. The van der Waals surface area contributed by atoms with Crippen molar-refractivity contribution in [3.8, 4) is 0 Å². The van der Waals surface area contributed by atoms with Crippen molar-refractivity contribution in [3.63, 3.8) is 0 Å². The Kier molecular flexibility index (Phi) is 3.24. The molecule has 0 aliphatic rings. The van der Waals surface area contributed by atoms with Crippen molar-refractivity contribution in [2.24, 2.45) is 0 Å². The average molecular weight is 291 g/mol. The molecule has 1 aromatic heterocycles. The van der Waals surface area contributed by atoms with E-state index in [0.717, 1.165) is 10.0 Å². The summed E-state index contributed by atoms with van der Waals surface area (Å²) in [4.78, 5) is 16.3. The molecule has 0 fully saturated rings. The molecule has 0 atom stereocenters. The summed E-state index contributed by atoms with van der Waals surface area (Å²) >= 11 is 3.32. The number of halogens is 1. The zero-order valence-electron chi connectivity index (χ0n) is 9.27. The fourth-order valence-corrected chi connectivity index (χ4v) is 1.83. The van der Waals surface area contributed by atoms with Crippen LogP contribution in [0.2, 0.25) is 0 Å². The number of benzene rings is 1. The van der Waals surface area contributed by atoms with E-state index >= 15 is 0 Å². The highest BCUT2D eigenvalue weighted by atomic mass is 79.9. The van der Waals surface area contributed by atoms with E-state index in [4.69, 9.17) is 5.73 Å². The summed E-state index contributed by atoms with van der Waals surface area (Å²) in [6.07, 6.45) is 1.67. The van der Waals surface area contributed by atoms with E-state index in [1.807, 2.05) is 13.0 Å². The van der Waals surface area contributed by atoms with Gasteiger partial charge in [0, 0.05) is 21.9 Å². The molecule has 0 saturated carbocycles. The number of aryl methyl sites for hydroxylation is 1. The lowest BCUT2D eigenvalue weighted by molar-refractivity contribution is 0.103.